The molecule has 3 amide bonds. The maximum absolute atomic E-state index is 13.0. The second kappa shape index (κ2) is 9.88. The number of imide groups is 1. The highest BCUT2D eigenvalue weighted by molar-refractivity contribution is 14.1. The third-order valence-electron chi connectivity index (χ3n) is 4.62. The maximum atomic E-state index is 13.0. The molecule has 0 bridgehead atoms. The Morgan fingerprint density at radius 3 is 2.74 bits per heavy atom. The number of piperidine rings is 1. The van der Waals surface area contributed by atoms with Crippen molar-refractivity contribution in [1.82, 2.24) is 10.2 Å². The summed E-state index contributed by atoms with van der Waals surface area (Å²) in [5.74, 6) is 0.0598. The fourth-order valence-electron chi connectivity index (χ4n) is 3.34. The van der Waals surface area contributed by atoms with Crippen molar-refractivity contribution in [3.05, 3.63) is 35.4 Å². The van der Waals surface area contributed by atoms with Crippen molar-refractivity contribution in [2.45, 2.75) is 37.1 Å². The number of thioether (sulfide) groups is 1. The van der Waals surface area contributed by atoms with Crippen LogP contribution in [0.2, 0.25) is 0 Å². The molecule has 6 nitrogen and oxygen atoms in total. The molecule has 1 saturated heterocycles. The zero-order valence-corrected chi connectivity index (χ0v) is 18.0. The molecule has 2 aliphatic heterocycles. The van der Waals surface area contributed by atoms with E-state index in [4.69, 9.17) is 4.74 Å². The van der Waals surface area contributed by atoms with E-state index in [1.165, 1.54) is 0 Å². The molecule has 0 saturated carbocycles. The van der Waals surface area contributed by atoms with Crippen molar-refractivity contribution in [2.75, 3.05) is 23.4 Å². The minimum Gasteiger partial charge on any atom is -0.381 e. The van der Waals surface area contributed by atoms with Crippen LogP contribution < -0.4 is 5.32 Å². The zero-order chi connectivity index (χ0) is 19.2. The third kappa shape index (κ3) is 4.83. The minimum atomic E-state index is -0.597. The van der Waals surface area contributed by atoms with Crippen molar-refractivity contribution in [3.63, 3.8) is 0 Å². The predicted octanol–water partition coefficient (Wildman–Crippen LogP) is 2.91. The van der Waals surface area contributed by atoms with E-state index < -0.39 is 6.04 Å². The number of carbonyl (C=O) groups excluding carboxylic acids is 3. The number of nitrogens with one attached hydrogen (secondary N) is 1. The summed E-state index contributed by atoms with van der Waals surface area (Å²) in [7, 11) is 0. The largest absolute Gasteiger partial charge is 0.381 e. The number of hydrogen-bond donors (Lipinski definition) is 1. The Kier molecular flexibility index (Phi) is 7.54. The number of carbonyl (C=O) groups is 3. The average molecular weight is 502 g/mol. The lowest BCUT2D eigenvalue weighted by Gasteiger charge is -2.34. The van der Waals surface area contributed by atoms with Crippen LogP contribution in [0.1, 0.15) is 47.0 Å². The van der Waals surface area contributed by atoms with Gasteiger partial charge >= 0.3 is 0 Å². The van der Waals surface area contributed by atoms with E-state index in [2.05, 4.69) is 27.9 Å². The second-order valence-corrected chi connectivity index (χ2v) is 8.77. The van der Waals surface area contributed by atoms with Crippen molar-refractivity contribution in [1.29, 1.82) is 0 Å². The molecule has 27 heavy (non-hydrogen) atoms. The van der Waals surface area contributed by atoms with Crippen LogP contribution in [0.3, 0.4) is 0 Å². The van der Waals surface area contributed by atoms with Crippen LogP contribution in [0.15, 0.2) is 24.3 Å². The lowest BCUT2D eigenvalue weighted by Crippen LogP contribution is -2.53. The van der Waals surface area contributed by atoms with Crippen molar-refractivity contribution in [2.24, 2.45) is 0 Å². The van der Waals surface area contributed by atoms with Gasteiger partial charge in [0.25, 0.3) is 5.91 Å². The summed E-state index contributed by atoms with van der Waals surface area (Å²) in [6.07, 6.45) is 2.59. The molecule has 1 N–H and O–H groups in total. The van der Waals surface area contributed by atoms with Gasteiger partial charge in [0.15, 0.2) is 0 Å². The number of halogens is 1. The number of rotatable bonds is 9. The first-order chi connectivity index (χ1) is 13.1. The molecule has 3 rings (SSSR count). The van der Waals surface area contributed by atoms with E-state index in [-0.39, 0.29) is 29.5 Å². The van der Waals surface area contributed by atoms with E-state index in [9.17, 15) is 14.4 Å². The molecule has 2 heterocycles. The molecule has 2 unspecified atom stereocenters. The Morgan fingerprint density at radius 1 is 1.19 bits per heavy atom. The topological polar surface area (TPSA) is 75.7 Å². The third-order valence-corrected chi connectivity index (χ3v) is 6.71. The van der Waals surface area contributed by atoms with Gasteiger partial charge in [-0.15, -0.1) is 11.8 Å². The fourth-order valence-corrected chi connectivity index (χ4v) is 4.95. The highest BCUT2D eigenvalue weighted by atomic mass is 127. The summed E-state index contributed by atoms with van der Waals surface area (Å²) < 4.78 is 6.69. The summed E-state index contributed by atoms with van der Waals surface area (Å²) in [6.45, 7) is 1.48. The lowest BCUT2D eigenvalue weighted by atomic mass is 10.0. The molecule has 2 atom stereocenters. The summed E-state index contributed by atoms with van der Waals surface area (Å²) >= 11 is 3.99. The van der Waals surface area contributed by atoms with Gasteiger partial charge in [-0.2, -0.15) is 0 Å². The number of nitrogens with zero attached hydrogens (tertiary/aromatic N) is 1. The molecule has 8 heteroatoms. The SMILES string of the molecule is O=C1CCC(N2C(=O)c3ccccc3C2SCCCOCCCI)C(=O)N1. The molecule has 0 aromatic heterocycles. The van der Waals surface area contributed by atoms with Crippen LogP contribution in [0.25, 0.3) is 0 Å². The zero-order valence-electron chi connectivity index (χ0n) is 15.0. The van der Waals surface area contributed by atoms with Gasteiger partial charge < -0.3 is 9.64 Å². The first-order valence-corrected chi connectivity index (χ1v) is 11.7. The van der Waals surface area contributed by atoms with Gasteiger partial charge in [0.1, 0.15) is 11.4 Å². The number of benzene rings is 1. The van der Waals surface area contributed by atoms with Crippen molar-refractivity contribution >= 4 is 52.1 Å². The van der Waals surface area contributed by atoms with Gasteiger partial charge in [0.2, 0.25) is 11.8 Å². The summed E-state index contributed by atoms with van der Waals surface area (Å²) in [4.78, 5) is 38.5. The highest BCUT2D eigenvalue weighted by Crippen LogP contribution is 2.43. The summed E-state index contributed by atoms with van der Waals surface area (Å²) in [5.41, 5.74) is 1.60. The molecule has 0 aliphatic carbocycles. The monoisotopic (exact) mass is 502 g/mol. The maximum Gasteiger partial charge on any atom is 0.256 e. The van der Waals surface area contributed by atoms with E-state index in [0.29, 0.717) is 18.6 Å². The first kappa shape index (κ1) is 20.6. The molecular weight excluding hydrogens is 479 g/mol. The Labute approximate surface area is 176 Å². The van der Waals surface area contributed by atoms with E-state index in [1.54, 1.807) is 16.7 Å². The van der Waals surface area contributed by atoms with Crippen LogP contribution in [0, 0.1) is 0 Å². The standard InChI is InChI=1S/C19H23IN2O4S/c20-9-3-10-26-11-4-12-27-19-14-6-2-1-5-13(14)18(25)22(19)15-7-8-16(23)21-17(15)24/h1-2,5-6,15,19H,3-4,7-12H2,(H,21,23,24). The molecule has 0 radical (unpaired) electrons. The van der Waals surface area contributed by atoms with Gasteiger partial charge in [0.05, 0.1) is 0 Å². The Hall–Kier alpha value is -1.13. The van der Waals surface area contributed by atoms with Gasteiger partial charge in [-0.1, -0.05) is 40.8 Å². The number of ether oxygens (including phenoxy) is 1. The van der Waals surface area contributed by atoms with Crippen LogP contribution in [0.5, 0.6) is 0 Å². The minimum absolute atomic E-state index is 0.129. The van der Waals surface area contributed by atoms with Crippen LogP contribution >= 0.6 is 34.4 Å². The Bertz CT molecular complexity index is 715. The molecule has 1 aromatic rings. The molecule has 1 fully saturated rings. The number of amides is 3. The molecule has 146 valence electrons. The fraction of sp³-hybridized carbons (Fsp3) is 0.526. The van der Waals surface area contributed by atoms with E-state index >= 15 is 0 Å². The van der Waals surface area contributed by atoms with E-state index in [1.807, 2.05) is 24.3 Å². The summed E-state index contributed by atoms with van der Waals surface area (Å²) in [5, 5.41) is 2.17. The average Bonchev–Trinajstić information content (AvgIpc) is 2.94. The van der Waals surface area contributed by atoms with Gasteiger partial charge in [-0.05, 0) is 36.6 Å². The second-order valence-electron chi connectivity index (χ2n) is 6.50. The normalized spacial score (nSPS) is 22.1. The molecule has 1 aromatic carbocycles. The lowest BCUT2D eigenvalue weighted by molar-refractivity contribution is -0.137. The van der Waals surface area contributed by atoms with Crippen molar-refractivity contribution in [3.8, 4) is 0 Å². The molecule has 0 spiro atoms. The number of fused-ring (bicyclic) bond motifs is 1. The van der Waals surface area contributed by atoms with E-state index in [0.717, 1.165) is 35.2 Å². The molecule has 2 aliphatic rings. The van der Waals surface area contributed by atoms with Gasteiger partial charge in [0, 0.05) is 29.6 Å². The van der Waals surface area contributed by atoms with Gasteiger partial charge in [-0.25, -0.2) is 0 Å². The van der Waals surface area contributed by atoms with Crippen LogP contribution in [0.4, 0.5) is 0 Å². The van der Waals surface area contributed by atoms with Gasteiger partial charge in [-0.3, -0.25) is 19.7 Å². The number of alkyl halides is 1. The summed E-state index contributed by atoms with van der Waals surface area (Å²) in [6, 6.07) is 6.92. The quantitative estimate of drug-likeness (QED) is 0.243. The highest BCUT2D eigenvalue weighted by Gasteiger charge is 2.44. The van der Waals surface area contributed by atoms with Crippen LogP contribution in [-0.4, -0.2) is 52.1 Å². The van der Waals surface area contributed by atoms with Crippen LogP contribution in [-0.2, 0) is 14.3 Å². The van der Waals surface area contributed by atoms with Crippen molar-refractivity contribution < 1.29 is 19.1 Å². The molecular formula is C19H23IN2O4S. The Balaban J connectivity index is 1.67. The number of hydrogen-bond acceptors (Lipinski definition) is 5. The first-order valence-electron chi connectivity index (χ1n) is 9.14. The predicted molar refractivity (Wildman–Crippen MR) is 113 cm³/mol. The smallest absolute Gasteiger partial charge is 0.256 e. The Morgan fingerprint density at radius 2 is 1.96 bits per heavy atom.